The van der Waals surface area contributed by atoms with Gasteiger partial charge >= 0.3 is 0 Å². The zero-order chi connectivity index (χ0) is 24.5. The molecule has 0 spiro atoms. The van der Waals surface area contributed by atoms with E-state index in [2.05, 4.69) is 10.3 Å². The predicted octanol–water partition coefficient (Wildman–Crippen LogP) is 3.56. The van der Waals surface area contributed by atoms with Gasteiger partial charge in [-0.05, 0) is 57.0 Å². The largest absolute Gasteiger partial charge is 0.326 e. The van der Waals surface area contributed by atoms with E-state index in [-0.39, 0.29) is 29.7 Å². The van der Waals surface area contributed by atoms with Crippen molar-refractivity contribution in [2.24, 2.45) is 5.92 Å². The molecule has 3 aromatic rings. The summed E-state index contributed by atoms with van der Waals surface area (Å²) >= 11 is 0. The number of carbonyl (C=O) groups is 2. The van der Waals surface area contributed by atoms with Crippen molar-refractivity contribution in [1.29, 1.82) is 0 Å². The Kier molecular flexibility index (Phi) is 6.63. The number of carbonyl (C=O) groups excluding carboxylic acids is 2. The monoisotopic (exact) mass is 484 g/mol. The number of halogens is 1. The fraction of sp³-hybridized carbons (Fsp3) is 0.292. The van der Waals surface area contributed by atoms with Crippen LogP contribution in [0.25, 0.3) is 5.69 Å². The highest BCUT2D eigenvalue weighted by atomic mass is 32.2. The lowest BCUT2D eigenvalue weighted by molar-refractivity contribution is -0.120. The van der Waals surface area contributed by atoms with E-state index < -0.39 is 21.8 Å². The number of benzene rings is 2. The highest BCUT2D eigenvalue weighted by Crippen LogP contribution is 2.26. The van der Waals surface area contributed by atoms with Crippen molar-refractivity contribution in [2.45, 2.75) is 31.6 Å². The zero-order valence-electron chi connectivity index (χ0n) is 18.9. The maximum absolute atomic E-state index is 14.6. The maximum atomic E-state index is 14.6. The van der Waals surface area contributed by atoms with Gasteiger partial charge in [-0.3, -0.25) is 9.59 Å². The Bertz CT molecular complexity index is 1340. The van der Waals surface area contributed by atoms with Crippen molar-refractivity contribution in [2.75, 3.05) is 18.4 Å². The van der Waals surface area contributed by atoms with Gasteiger partial charge in [0.15, 0.2) is 5.78 Å². The van der Waals surface area contributed by atoms with Crippen molar-refractivity contribution in [3.63, 3.8) is 0 Å². The van der Waals surface area contributed by atoms with Crippen molar-refractivity contribution >= 4 is 27.4 Å². The molecule has 1 aliphatic rings. The molecule has 0 unspecified atom stereocenters. The Hall–Kier alpha value is -3.37. The highest BCUT2D eigenvalue weighted by molar-refractivity contribution is 7.89. The number of amides is 1. The number of rotatable bonds is 6. The molecule has 0 bridgehead atoms. The van der Waals surface area contributed by atoms with E-state index in [1.807, 2.05) is 0 Å². The summed E-state index contributed by atoms with van der Waals surface area (Å²) in [6, 6.07) is 10.4. The number of imidazole rings is 1. The first-order chi connectivity index (χ1) is 16.2. The van der Waals surface area contributed by atoms with E-state index in [1.165, 1.54) is 29.4 Å². The Morgan fingerprint density at radius 2 is 1.85 bits per heavy atom. The van der Waals surface area contributed by atoms with E-state index in [0.29, 0.717) is 35.6 Å². The SMILES string of the molecule is CC(=O)c1cccc(S(=O)(=O)N2CCC(C(=O)Nc3ccc(-n4ccnc4C)c(F)c3)CC2)c1. The van der Waals surface area contributed by atoms with Crippen LogP contribution in [0, 0.1) is 18.7 Å². The van der Waals surface area contributed by atoms with Crippen LogP contribution in [0.3, 0.4) is 0 Å². The normalized spacial score (nSPS) is 15.3. The Labute approximate surface area is 197 Å². The molecule has 1 fully saturated rings. The summed E-state index contributed by atoms with van der Waals surface area (Å²) in [6.07, 6.45) is 3.92. The third-order valence-corrected chi connectivity index (χ3v) is 7.90. The van der Waals surface area contributed by atoms with Gasteiger partial charge in [-0.2, -0.15) is 4.31 Å². The third-order valence-electron chi connectivity index (χ3n) is 6.00. The van der Waals surface area contributed by atoms with Gasteiger partial charge in [0.25, 0.3) is 0 Å². The number of hydrogen-bond donors (Lipinski definition) is 1. The minimum atomic E-state index is -3.77. The van der Waals surface area contributed by atoms with E-state index >= 15 is 0 Å². The number of ketones is 1. The van der Waals surface area contributed by atoms with Crippen molar-refractivity contribution in [3.05, 3.63) is 72.1 Å². The van der Waals surface area contributed by atoms with Gasteiger partial charge < -0.3 is 9.88 Å². The van der Waals surface area contributed by atoms with Crippen LogP contribution >= 0.6 is 0 Å². The standard InChI is InChI=1S/C24H25FN4O4S/c1-16(30)19-4-3-5-21(14-19)34(32,33)28-11-8-18(9-12-28)24(31)27-20-6-7-23(22(25)15-20)29-13-10-26-17(29)2/h3-7,10,13-15,18H,8-9,11-12H2,1-2H3,(H,27,31). The van der Waals surface area contributed by atoms with Gasteiger partial charge in [0.1, 0.15) is 11.6 Å². The van der Waals surface area contributed by atoms with Crippen LogP contribution in [0.4, 0.5) is 10.1 Å². The second-order valence-corrected chi connectivity index (χ2v) is 10.2. The van der Waals surface area contributed by atoms with Gasteiger partial charge in [-0.15, -0.1) is 0 Å². The number of nitrogens with one attached hydrogen (secondary N) is 1. The van der Waals surface area contributed by atoms with E-state index in [9.17, 15) is 22.4 Å². The third kappa shape index (κ3) is 4.78. The second-order valence-electron chi connectivity index (χ2n) is 8.26. The summed E-state index contributed by atoms with van der Waals surface area (Å²) in [4.78, 5) is 28.5. The predicted molar refractivity (Wildman–Crippen MR) is 125 cm³/mol. The lowest BCUT2D eigenvalue weighted by Crippen LogP contribution is -2.41. The molecular weight excluding hydrogens is 459 g/mol. The van der Waals surface area contributed by atoms with Crippen LogP contribution < -0.4 is 5.32 Å². The topological polar surface area (TPSA) is 101 Å². The molecule has 1 amide bonds. The number of piperidine rings is 1. The van der Waals surface area contributed by atoms with Crippen LogP contribution in [0.5, 0.6) is 0 Å². The summed E-state index contributed by atoms with van der Waals surface area (Å²) in [6.45, 7) is 3.51. The summed E-state index contributed by atoms with van der Waals surface area (Å²) in [7, 11) is -3.77. The first-order valence-corrected chi connectivity index (χ1v) is 12.3. The lowest BCUT2D eigenvalue weighted by Gasteiger charge is -2.30. The minimum absolute atomic E-state index is 0.0618. The van der Waals surface area contributed by atoms with Crippen LogP contribution in [0.1, 0.15) is 35.9 Å². The maximum Gasteiger partial charge on any atom is 0.243 e. The van der Waals surface area contributed by atoms with Gasteiger partial charge in [0.05, 0.1) is 10.6 Å². The number of hydrogen-bond acceptors (Lipinski definition) is 5. The molecule has 2 heterocycles. The second kappa shape index (κ2) is 9.47. The molecule has 1 aliphatic heterocycles. The molecule has 8 nitrogen and oxygen atoms in total. The van der Waals surface area contributed by atoms with E-state index in [0.717, 1.165) is 0 Å². The molecular formula is C24H25FN4O4S. The smallest absolute Gasteiger partial charge is 0.243 e. The quantitative estimate of drug-likeness (QED) is 0.539. The Morgan fingerprint density at radius 1 is 1.12 bits per heavy atom. The van der Waals surface area contributed by atoms with Crippen LogP contribution in [0.15, 0.2) is 59.8 Å². The number of nitrogens with zero attached hydrogens (tertiary/aromatic N) is 3. The molecule has 1 N–H and O–H groups in total. The highest BCUT2D eigenvalue weighted by Gasteiger charge is 2.32. The molecule has 0 aliphatic carbocycles. The first-order valence-electron chi connectivity index (χ1n) is 10.9. The minimum Gasteiger partial charge on any atom is -0.326 e. The number of Topliss-reactive ketones (excluding diaryl/α,β-unsaturated/α-hetero) is 1. The summed E-state index contributed by atoms with van der Waals surface area (Å²) in [5.74, 6) is -0.731. The average molecular weight is 485 g/mol. The average Bonchev–Trinajstić information content (AvgIpc) is 3.24. The molecule has 2 aromatic carbocycles. The first kappa shape index (κ1) is 23.8. The molecule has 0 saturated carbocycles. The zero-order valence-corrected chi connectivity index (χ0v) is 19.7. The molecule has 1 aromatic heterocycles. The van der Waals surface area contributed by atoms with Gasteiger partial charge in [0, 0.05) is 42.7 Å². The van der Waals surface area contributed by atoms with Crippen molar-refractivity contribution in [1.82, 2.24) is 13.9 Å². The fourth-order valence-corrected chi connectivity index (χ4v) is 5.56. The molecule has 34 heavy (non-hydrogen) atoms. The number of aryl methyl sites for hydroxylation is 1. The van der Waals surface area contributed by atoms with Crippen molar-refractivity contribution in [3.8, 4) is 5.69 Å². The van der Waals surface area contributed by atoms with Crippen LogP contribution in [0.2, 0.25) is 0 Å². The Balaban J connectivity index is 1.39. The lowest BCUT2D eigenvalue weighted by atomic mass is 9.97. The molecule has 0 radical (unpaired) electrons. The number of sulfonamides is 1. The number of anilines is 1. The summed E-state index contributed by atoms with van der Waals surface area (Å²) in [5, 5.41) is 2.74. The van der Waals surface area contributed by atoms with Crippen molar-refractivity contribution < 1.29 is 22.4 Å². The number of aromatic nitrogens is 2. The Morgan fingerprint density at radius 3 is 2.47 bits per heavy atom. The molecule has 178 valence electrons. The van der Waals surface area contributed by atoms with Crippen LogP contribution in [-0.2, 0) is 14.8 Å². The molecule has 1 saturated heterocycles. The fourth-order valence-electron chi connectivity index (χ4n) is 4.04. The van der Waals surface area contributed by atoms with E-state index in [4.69, 9.17) is 0 Å². The summed E-state index contributed by atoms with van der Waals surface area (Å²) < 4.78 is 43.5. The molecule has 0 atom stereocenters. The van der Waals surface area contributed by atoms with Crippen LogP contribution in [-0.4, -0.2) is 47.1 Å². The summed E-state index contributed by atoms with van der Waals surface area (Å²) in [5.41, 5.74) is 0.997. The van der Waals surface area contributed by atoms with E-state index in [1.54, 1.807) is 48.1 Å². The van der Waals surface area contributed by atoms with Gasteiger partial charge in [0.2, 0.25) is 15.9 Å². The van der Waals surface area contributed by atoms with Gasteiger partial charge in [-0.25, -0.2) is 17.8 Å². The molecule has 10 heteroatoms. The molecule has 4 rings (SSSR count). The van der Waals surface area contributed by atoms with Gasteiger partial charge in [-0.1, -0.05) is 12.1 Å².